The Kier molecular flexibility index (Phi) is 6.64. The number of ether oxygens (including phenoxy) is 3. The first-order valence-corrected chi connectivity index (χ1v) is 10.3. The number of hydrogen-bond acceptors (Lipinski definition) is 5. The summed E-state index contributed by atoms with van der Waals surface area (Å²) in [4.78, 5) is 7.72. The van der Waals surface area contributed by atoms with Crippen LogP contribution in [0.25, 0.3) is 22.7 Å². The minimum atomic E-state index is 0.0843. The smallest absolute Gasteiger partial charge is 0.174 e. The number of aromatic amines is 1. The lowest BCUT2D eigenvalue weighted by Crippen LogP contribution is -2.11. The van der Waals surface area contributed by atoms with Crippen molar-refractivity contribution in [1.82, 2.24) is 9.97 Å². The average Bonchev–Trinajstić information content (AvgIpc) is 3.16. The molecule has 0 aliphatic heterocycles. The molecule has 3 rings (SSSR count). The number of H-pyrrole nitrogens is 1. The second-order valence-electron chi connectivity index (χ2n) is 6.51. The summed E-state index contributed by atoms with van der Waals surface area (Å²) in [7, 11) is 3.23. The summed E-state index contributed by atoms with van der Waals surface area (Å²) >= 11 is 2.22. The topological polar surface area (TPSA) is 80.2 Å². The molecule has 0 saturated carbocycles. The van der Waals surface area contributed by atoms with E-state index >= 15 is 0 Å². The summed E-state index contributed by atoms with van der Waals surface area (Å²) in [6.07, 6.45) is 2.77. The second kappa shape index (κ2) is 9.18. The van der Waals surface area contributed by atoms with Gasteiger partial charge < -0.3 is 19.2 Å². The molecule has 0 aliphatic rings. The van der Waals surface area contributed by atoms with E-state index in [2.05, 4.69) is 45.6 Å². The van der Waals surface area contributed by atoms with Gasteiger partial charge in [-0.25, -0.2) is 4.98 Å². The van der Waals surface area contributed by atoms with Crippen LogP contribution in [0.3, 0.4) is 0 Å². The maximum absolute atomic E-state index is 9.71. The second-order valence-corrected chi connectivity index (χ2v) is 7.67. The van der Waals surface area contributed by atoms with E-state index in [0.717, 1.165) is 32.3 Å². The lowest BCUT2D eigenvalue weighted by molar-refractivity contribution is 0.206. The first-order chi connectivity index (χ1) is 14.0. The number of methoxy groups -OCH3 is 2. The van der Waals surface area contributed by atoms with Crippen molar-refractivity contribution < 1.29 is 14.2 Å². The molecule has 0 aliphatic carbocycles. The highest BCUT2D eigenvalue weighted by Crippen LogP contribution is 2.36. The van der Waals surface area contributed by atoms with Gasteiger partial charge in [-0.1, -0.05) is 6.92 Å². The number of nitriles is 1. The third-order valence-electron chi connectivity index (χ3n) is 4.52. The number of imidazole rings is 1. The van der Waals surface area contributed by atoms with E-state index in [4.69, 9.17) is 14.2 Å². The van der Waals surface area contributed by atoms with E-state index in [1.807, 2.05) is 37.3 Å². The van der Waals surface area contributed by atoms with Gasteiger partial charge in [0.2, 0.25) is 0 Å². The molecule has 2 aromatic carbocycles. The van der Waals surface area contributed by atoms with Gasteiger partial charge in [-0.05, 0) is 71.8 Å². The number of allylic oxidation sites excluding steroid dienone is 1. The third kappa shape index (κ3) is 4.65. The predicted octanol–water partition coefficient (Wildman–Crippen LogP) is 5.43. The van der Waals surface area contributed by atoms with E-state index < -0.39 is 0 Å². The molecule has 0 radical (unpaired) electrons. The Morgan fingerprint density at radius 2 is 2.07 bits per heavy atom. The molecular formula is C22H22IN3O3. The Morgan fingerprint density at radius 3 is 2.72 bits per heavy atom. The van der Waals surface area contributed by atoms with Crippen molar-refractivity contribution in [3.05, 3.63) is 45.3 Å². The van der Waals surface area contributed by atoms with Crippen LogP contribution in [-0.2, 0) is 0 Å². The minimum Gasteiger partial charge on any atom is -0.497 e. The summed E-state index contributed by atoms with van der Waals surface area (Å²) in [6, 6.07) is 11.6. The van der Waals surface area contributed by atoms with Crippen LogP contribution in [0.5, 0.6) is 17.2 Å². The first kappa shape index (κ1) is 21.0. The van der Waals surface area contributed by atoms with Crippen LogP contribution >= 0.6 is 22.6 Å². The van der Waals surface area contributed by atoms with Crippen molar-refractivity contribution in [2.75, 3.05) is 14.2 Å². The number of benzene rings is 2. The quantitative estimate of drug-likeness (QED) is 0.344. The summed E-state index contributed by atoms with van der Waals surface area (Å²) in [5.41, 5.74) is 2.84. The summed E-state index contributed by atoms with van der Waals surface area (Å²) in [5.74, 6) is 2.58. The summed E-state index contributed by atoms with van der Waals surface area (Å²) in [5, 5.41) is 9.71. The zero-order chi connectivity index (χ0) is 21.0. The Morgan fingerprint density at radius 1 is 1.28 bits per heavy atom. The van der Waals surface area contributed by atoms with Crippen LogP contribution in [0.4, 0.5) is 0 Å². The fourth-order valence-corrected chi connectivity index (χ4v) is 3.54. The van der Waals surface area contributed by atoms with Crippen molar-refractivity contribution in [2.24, 2.45) is 0 Å². The van der Waals surface area contributed by atoms with Crippen molar-refractivity contribution in [1.29, 1.82) is 5.26 Å². The monoisotopic (exact) mass is 503 g/mol. The molecule has 0 fully saturated rings. The summed E-state index contributed by atoms with van der Waals surface area (Å²) in [6.45, 7) is 4.09. The number of nitrogens with one attached hydrogen (secondary N) is 1. The van der Waals surface area contributed by atoms with Crippen LogP contribution < -0.4 is 14.2 Å². The van der Waals surface area contributed by atoms with Gasteiger partial charge in [-0.3, -0.25) is 0 Å². The molecule has 0 amide bonds. The largest absolute Gasteiger partial charge is 0.497 e. The number of rotatable bonds is 7. The SMILES string of the molecule is CC[C@H](C)Oc1c(I)cc(/C=C(/C#N)c2nc3ccc(OC)cc3[nH]2)cc1OC. The molecule has 7 heteroatoms. The van der Waals surface area contributed by atoms with Gasteiger partial charge in [-0.15, -0.1) is 0 Å². The van der Waals surface area contributed by atoms with E-state index in [1.165, 1.54) is 0 Å². The third-order valence-corrected chi connectivity index (χ3v) is 5.32. The Bertz CT molecular complexity index is 1100. The predicted molar refractivity (Wildman–Crippen MR) is 122 cm³/mol. The molecule has 150 valence electrons. The van der Waals surface area contributed by atoms with Gasteiger partial charge in [0.25, 0.3) is 0 Å². The Hall–Kier alpha value is -2.73. The van der Waals surface area contributed by atoms with Gasteiger partial charge in [0.05, 0.1) is 40.5 Å². The maximum Gasteiger partial charge on any atom is 0.174 e. The van der Waals surface area contributed by atoms with Crippen molar-refractivity contribution in [2.45, 2.75) is 26.4 Å². The standard InChI is InChI=1S/C22H22IN3O3/c1-5-13(2)29-21-17(23)9-14(10-20(21)28-4)8-15(12-24)22-25-18-7-6-16(27-3)11-19(18)26-22/h6-11,13H,5H2,1-4H3,(H,25,26)/b15-8-/t13-/m0/s1. The molecule has 29 heavy (non-hydrogen) atoms. The normalized spacial score (nSPS) is 12.5. The van der Waals surface area contributed by atoms with Gasteiger partial charge in [-0.2, -0.15) is 5.26 Å². The van der Waals surface area contributed by atoms with E-state index in [0.29, 0.717) is 22.9 Å². The Labute approximate surface area is 183 Å². The van der Waals surface area contributed by atoms with Crippen LogP contribution in [0.2, 0.25) is 0 Å². The van der Waals surface area contributed by atoms with E-state index in [9.17, 15) is 5.26 Å². The maximum atomic E-state index is 9.71. The zero-order valence-corrected chi connectivity index (χ0v) is 18.9. The van der Waals surface area contributed by atoms with Crippen LogP contribution in [0.15, 0.2) is 30.3 Å². The molecule has 0 bridgehead atoms. The van der Waals surface area contributed by atoms with Gasteiger partial charge in [0, 0.05) is 6.07 Å². The highest BCUT2D eigenvalue weighted by atomic mass is 127. The fourth-order valence-electron chi connectivity index (χ4n) is 2.79. The van der Waals surface area contributed by atoms with Gasteiger partial charge in [0.1, 0.15) is 17.6 Å². The molecule has 1 aromatic heterocycles. The lowest BCUT2D eigenvalue weighted by atomic mass is 10.1. The number of nitrogens with zero attached hydrogens (tertiary/aromatic N) is 2. The van der Waals surface area contributed by atoms with Crippen LogP contribution in [0, 0.1) is 14.9 Å². The van der Waals surface area contributed by atoms with Crippen molar-refractivity contribution in [3.63, 3.8) is 0 Å². The molecule has 0 saturated heterocycles. The molecule has 6 nitrogen and oxygen atoms in total. The van der Waals surface area contributed by atoms with Gasteiger partial charge >= 0.3 is 0 Å². The van der Waals surface area contributed by atoms with E-state index in [-0.39, 0.29) is 6.10 Å². The van der Waals surface area contributed by atoms with Crippen molar-refractivity contribution >= 4 is 45.3 Å². The summed E-state index contributed by atoms with van der Waals surface area (Å²) < 4.78 is 17.7. The Balaban J connectivity index is 2.01. The molecule has 3 aromatic rings. The van der Waals surface area contributed by atoms with E-state index in [1.54, 1.807) is 20.3 Å². The van der Waals surface area contributed by atoms with Crippen molar-refractivity contribution in [3.8, 4) is 23.3 Å². The molecule has 1 N–H and O–H groups in total. The molecule has 1 heterocycles. The first-order valence-electron chi connectivity index (χ1n) is 9.19. The lowest BCUT2D eigenvalue weighted by Gasteiger charge is -2.17. The molecular weight excluding hydrogens is 481 g/mol. The number of hydrogen-bond donors (Lipinski definition) is 1. The fraction of sp³-hybridized carbons (Fsp3) is 0.273. The highest BCUT2D eigenvalue weighted by molar-refractivity contribution is 14.1. The highest BCUT2D eigenvalue weighted by Gasteiger charge is 2.15. The molecule has 1 atom stereocenters. The van der Waals surface area contributed by atoms with Gasteiger partial charge in [0.15, 0.2) is 11.5 Å². The zero-order valence-electron chi connectivity index (χ0n) is 16.7. The molecule has 0 unspecified atom stereocenters. The number of halogens is 1. The molecule has 0 spiro atoms. The minimum absolute atomic E-state index is 0.0843. The van der Waals surface area contributed by atoms with Crippen LogP contribution in [0.1, 0.15) is 31.7 Å². The average molecular weight is 503 g/mol. The van der Waals surface area contributed by atoms with Crippen LogP contribution in [-0.4, -0.2) is 30.3 Å². The number of fused-ring (bicyclic) bond motifs is 1. The number of aromatic nitrogens is 2.